The number of aldehydes is 1. The molecule has 0 spiro atoms. The number of H-pyrrole nitrogens is 1. The van der Waals surface area contributed by atoms with Crippen LogP contribution >= 0.6 is 0 Å². The van der Waals surface area contributed by atoms with Gasteiger partial charge in [0.2, 0.25) is 0 Å². The molecule has 34 heavy (non-hydrogen) atoms. The third kappa shape index (κ3) is 5.22. The number of rotatable bonds is 9. The maximum Gasteiger partial charge on any atom is 0.423 e. The zero-order valence-electron chi connectivity index (χ0n) is 17.9. The average molecular weight is 479 g/mol. The summed E-state index contributed by atoms with van der Waals surface area (Å²) in [5, 5.41) is 11.7. The smallest absolute Gasteiger partial charge is 0.378 e. The van der Waals surface area contributed by atoms with E-state index in [2.05, 4.69) is 25.5 Å². The molecule has 0 saturated carbocycles. The molecule has 0 aromatic carbocycles. The van der Waals surface area contributed by atoms with Gasteiger partial charge in [-0.1, -0.05) is 5.16 Å². The minimum absolute atomic E-state index is 0.0153. The summed E-state index contributed by atoms with van der Waals surface area (Å²) in [5.74, 6) is 1.56. The van der Waals surface area contributed by atoms with Crippen LogP contribution in [0.15, 0.2) is 33.8 Å². The summed E-state index contributed by atoms with van der Waals surface area (Å²) in [7, 11) is 0. The van der Waals surface area contributed by atoms with Crippen LogP contribution in [0.1, 0.15) is 40.5 Å². The highest BCUT2D eigenvalue weighted by atomic mass is 19.4. The highest BCUT2D eigenvalue weighted by molar-refractivity contribution is 5.74. The standard InChI is InChI=1S/C20H20F3N7O4/c1-11(26-14-5-25-28-19(32)17(14)20(21,22)23)9-33-10-16-27-18(29-34-16)13-6-30(7-13)15-3-2-12(8-31)4-24-15/h2-5,8,11,13H,6-7,9-10H2,1H3,(H2,26,28,32). The second-order valence-electron chi connectivity index (χ2n) is 7.76. The second kappa shape index (κ2) is 9.59. The van der Waals surface area contributed by atoms with Crippen molar-refractivity contribution in [3.63, 3.8) is 0 Å². The monoisotopic (exact) mass is 479 g/mol. The van der Waals surface area contributed by atoms with Crippen molar-refractivity contribution in [1.29, 1.82) is 0 Å². The lowest BCUT2D eigenvalue weighted by molar-refractivity contribution is -0.138. The first-order chi connectivity index (χ1) is 16.2. The molecule has 11 nitrogen and oxygen atoms in total. The van der Waals surface area contributed by atoms with E-state index in [1.807, 2.05) is 4.90 Å². The molecule has 1 unspecified atom stereocenters. The Hall–Kier alpha value is -3.81. The van der Waals surface area contributed by atoms with Gasteiger partial charge in [-0.3, -0.25) is 9.59 Å². The molecule has 4 rings (SSSR count). The Morgan fingerprint density at radius 3 is 2.82 bits per heavy atom. The third-order valence-corrected chi connectivity index (χ3v) is 5.10. The number of carbonyl (C=O) groups excluding carboxylic acids is 1. The van der Waals surface area contributed by atoms with Crippen LogP contribution in [0, 0.1) is 0 Å². The number of aromatic amines is 1. The molecule has 14 heteroatoms. The number of hydrogen-bond donors (Lipinski definition) is 2. The molecule has 4 heterocycles. The van der Waals surface area contributed by atoms with Gasteiger partial charge in [0.05, 0.1) is 24.4 Å². The van der Waals surface area contributed by atoms with Crippen LogP contribution in [0.5, 0.6) is 0 Å². The van der Waals surface area contributed by atoms with Gasteiger partial charge < -0.3 is 19.5 Å². The molecular formula is C20H20F3N7O4. The van der Waals surface area contributed by atoms with E-state index in [9.17, 15) is 22.8 Å². The molecule has 0 radical (unpaired) electrons. The SMILES string of the molecule is CC(COCc1nc(C2CN(c3ccc(C=O)cn3)C2)no1)Nc1cn[nH]c(=O)c1C(F)(F)F. The van der Waals surface area contributed by atoms with E-state index in [4.69, 9.17) is 9.26 Å². The molecular weight excluding hydrogens is 459 g/mol. The van der Waals surface area contributed by atoms with Gasteiger partial charge in [0.1, 0.15) is 18.0 Å². The highest BCUT2D eigenvalue weighted by Gasteiger charge is 2.37. The van der Waals surface area contributed by atoms with Crippen molar-refractivity contribution in [3.8, 4) is 0 Å². The number of aromatic nitrogens is 5. The number of halogens is 3. The molecule has 1 atom stereocenters. The van der Waals surface area contributed by atoms with Crippen molar-refractivity contribution in [3.05, 3.63) is 57.7 Å². The van der Waals surface area contributed by atoms with Crippen molar-refractivity contribution in [2.75, 3.05) is 29.9 Å². The predicted molar refractivity (Wildman–Crippen MR) is 111 cm³/mol. The lowest BCUT2D eigenvalue weighted by atomic mass is 9.99. The van der Waals surface area contributed by atoms with Gasteiger partial charge >= 0.3 is 6.18 Å². The number of hydrogen-bond acceptors (Lipinski definition) is 10. The minimum atomic E-state index is -4.83. The number of nitrogens with one attached hydrogen (secondary N) is 2. The average Bonchev–Trinajstić information content (AvgIpc) is 3.20. The fourth-order valence-electron chi connectivity index (χ4n) is 3.39. The molecule has 2 N–H and O–H groups in total. The number of carbonyl (C=O) groups is 1. The Labute approximate surface area is 190 Å². The van der Waals surface area contributed by atoms with E-state index >= 15 is 0 Å². The lowest BCUT2D eigenvalue weighted by Gasteiger charge is -2.38. The number of nitrogens with zero attached hydrogens (tertiary/aromatic N) is 5. The van der Waals surface area contributed by atoms with Gasteiger partial charge in [-0.15, -0.1) is 0 Å². The summed E-state index contributed by atoms with van der Waals surface area (Å²) in [5.41, 5.74) is -2.60. The van der Waals surface area contributed by atoms with E-state index in [0.29, 0.717) is 24.5 Å². The topological polar surface area (TPSA) is 139 Å². The van der Waals surface area contributed by atoms with Crippen LogP contribution in [0.3, 0.4) is 0 Å². The van der Waals surface area contributed by atoms with E-state index in [1.165, 1.54) is 6.20 Å². The van der Waals surface area contributed by atoms with Crippen LogP contribution in [0.25, 0.3) is 0 Å². The summed E-state index contributed by atoms with van der Waals surface area (Å²) in [6, 6.07) is 2.90. The summed E-state index contributed by atoms with van der Waals surface area (Å²) >= 11 is 0. The molecule has 0 bridgehead atoms. The first-order valence-electron chi connectivity index (χ1n) is 10.2. The summed E-state index contributed by atoms with van der Waals surface area (Å²) < 4.78 is 50.0. The third-order valence-electron chi connectivity index (χ3n) is 5.10. The Kier molecular flexibility index (Phi) is 6.58. The van der Waals surface area contributed by atoms with Gasteiger partial charge in [0.25, 0.3) is 11.4 Å². The summed E-state index contributed by atoms with van der Waals surface area (Å²) in [6.45, 7) is 2.87. The van der Waals surface area contributed by atoms with E-state index < -0.39 is 29.0 Å². The number of alkyl halides is 3. The Morgan fingerprint density at radius 2 is 2.15 bits per heavy atom. The van der Waals surface area contributed by atoms with Gasteiger partial charge in [-0.2, -0.15) is 23.3 Å². The van der Waals surface area contributed by atoms with Gasteiger partial charge in [-0.05, 0) is 19.1 Å². The Balaban J connectivity index is 1.25. The fraction of sp³-hybridized carbons (Fsp3) is 0.400. The minimum Gasteiger partial charge on any atom is -0.378 e. The maximum absolute atomic E-state index is 13.1. The van der Waals surface area contributed by atoms with Crippen LogP contribution in [-0.2, 0) is 17.5 Å². The van der Waals surface area contributed by atoms with Gasteiger partial charge in [0, 0.05) is 30.9 Å². The number of ether oxygens (including phenoxy) is 1. The molecule has 1 saturated heterocycles. The van der Waals surface area contributed by atoms with Crippen LogP contribution in [0.2, 0.25) is 0 Å². The molecule has 0 amide bonds. The van der Waals surface area contributed by atoms with Crippen molar-refractivity contribution >= 4 is 17.8 Å². The zero-order chi connectivity index (χ0) is 24.3. The highest BCUT2D eigenvalue weighted by Crippen LogP contribution is 2.32. The first kappa shape index (κ1) is 23.4. The Morgan fingerprint density at radius 1 is 1.35 bits per heavy atom. The molecule has 3 aromatic heterocycles. The summed E-state index contributed by atoms with van der Waals surface area (Å²) in [6.07, 6.45) is -1.69. The second-order valence-corrected chi connectivity index (χ2v) is 7.76. The zero-order valence-corrected chi connectivity index (χ0v) is 17.9. The van der Waals surface area contributed by atoms with Crippen molar-refractivity contribution in [2.45, 2.75) is 31.7 Å². The van der Waals surface area contributed by atoms with Gasteiger partial charge in [0.15, 0.2) is 12.1 Å². The molecule has 1 aliphatic rings. The van der Waals surface area contributed by atoms with Crippen molar-refractivity contribution in [1.82, 2.24) is 25.3 Å². The fourth-order valence-corrected chi connectivity index (χ4v) is 3.39. The van der Waals surface area contributed by atoms with E-state index in [-0.39, 0.29) is 25.0 Å². The summed E-state index contributed by atoms with van der Waals surface area (Å²) in [4.78, 5) is 32.8. The van der Waals surface area contributed by atoms with Crippen LogP contribution < -0.4 is 15.8 Å². The lowest BCUT2D eigenvalue weighted by Crippen LogP contribution is -2.45. The number of pyridine rings is 1. The maximum atomic E-state index is 13.1. The van der Waals surface area contributed by atoms with E-state index in [1.54, 1.807) is 24.2 Å². The normalized spacial score (nSPS) is 15.1. The Bertz CT molecular complexity index is 1190. The molecule has 3 aromatic rings. The quantitative estimate of drug-likeness (QED) is 0.438. The van der Waals surface area contributed by atoms with Crippen LogP contribution in [-0.4, -0.2) is 57.3 Å². The number of anilines is 2. The van der Waals surface area contributed by atoms with Crippen molar-refractivity contribution < 1.29 is 27.2 Å². The van der Waals surface area contributed by atoms with Gasteiger partial charge in [-0.25, -0.2) is 10.1 Å². The van der Waals surface area contributed by atoms with E-state index in [0.717, 1.165) is 18.3 Å². The molecule has 1 aliphatic heterocycles. The van der Waals surface area contributed by atoms with Crippen molar-refractivity contribution in [2.24, 2.45) is 0 Å². The molecule has 1 fully saturated rings. The van der Waals surface area contributed by atoms with Crippen LogP contribution in [0.4, 0.5) is 24.7 Å². The first-order valence-corrected chi connectivity index (χ1v) is 10.2. The largest absolute Gasteiger partial charge is 0.423 e. The molecule has 0 aliphatic carbocycles. The molecule has 180 valence electrons. The predicted octanol–water partition coefficient (Wildman–Crippen LogP) is 2.00.